The summed E-state index contributed by atoms with van der Waals surface area (Å²) in [5.41, 5.74) is 6.61. The molecule has 1 aromatic rings. The Morgan fingerprint density at radius 3 is 2.89 bits per heavy atom. The third kappa shape index (κ3) is 3.82. The lowest BCUT2D eigenvalue weighted by Gasteiger charge is -2.16. The number of nitrogens with one attached hydrogen (secondary N) is 1. The number of carbonyl (C=O) groups is 1. The minimum Gasteiger partial charge on any atom is -0.355 e. The van der Waals surface area contributed by atoms with E-state index in [0.717, 1.165) is 32.6 Å². The van der Waals surface area contributed by atoms with Crippen LogP contribution in [0.5, 0.6) is 0 Å². The summed E-state index contributed by atoms with van der Waals surface area (Å²) in [5.74, 6) is 0.501. The van der Waals surface area contributed by atoms with E-state index in [9.17, 15) is 4.79 Å². The highest BCUT2D eigenvalue weighted by Crippen LogP contribution is 2.17. The largest absolute Gasteiger partial charge is 0.355 e. The van der Waals surface area contributed by atoms with Gasteiger partial charge in [-0.3, -0.25) is 9.69 Å². The first kappa shape index (κ1) is 13.1. The average Bonchev–Trinajstić information content (AvgIpc) is 2.85. The zero-order valence-electron chi connectivity index (χ0n) is 10.6. The number of amides is 1. The number of nitrogens with zero attached hydrogens (tertiary/aromatic N) is 1. The van der Waals surface area contributed by atoms with E-state index >= 15 is 0 Å². The Labute approximate surface area is 108 Å². The van der Waals surface area contributed by atoms with Gasteiger partial charge in [0.05, 0.1) is 6.54 Å². The molecule has 1 aromatic carbocycles. The molecule has 1 aliphatic rings. The van der Waals surface area contributed by atoms with E-state index in [2.05, 4.69) is 34.5 Å². The van der Waals surface area contributed by atoms with E-state index in [-0.39, 0.29) is 12.5 Å². The number of hydrogen-bond acceptors (Lipinski definition) is 3. The minimum atomic E-state index is -0.0588. The van der Waals surface area contributed by atoms with Gasteiger partial charge < -0.3 is 11.1 Å². The fourth-order valence-corrected chi connectivity index (χ4v) is 2.40. The summed E-state index contributed by atoms with van der Waals surface area (Å²) >= 11 is 0. The van der Waals surface area contributed by atoms with Gasteiger partial charge in [0.15, 0.2) is 0 Å². The molecule has 0 bridgehead atoms. The van der Waals surface area contributed by atoms with Crippen molar-refractivity contribution in [2.45, 2.75) is 13.0 Å². The summed E-state index contributed by atoms with van der Waals surface area (Å²) in [6.45, 7) is 4.00. The second-order valence-electron chi connectivity index (χ2n) is 4.88. The molecular weight excluding hydrogens is 226 g/mol. The first-order chi connectivity index (χ1) is 8.78. The third-order valence-corrected chi connectivity index (χ3v) is 3.39. The predicted molar refractivity (Wildman–Crippen MR) is 71.9 cm³/mol. The fraction of sp³-hybridized carbons (Fsp3) is 0.500. The van der Waals surface area contributed by atoms with Gasteiger partial charge in [-0.25, -0.2) is 0 Å². The molecule has 0 saturated carbocycles. The first-order valence-electron chi connectivity index (χ1n) is 6.51. The molecule has 0 aromatic heterocycles. The Balaban J connectivity index is 1.73. The summed E-state index contributed by atoms with van der Waals surface area (Å²) in [5, 5.41) is 2.87. The smallest absolute Gasteiger partial charge is 0.233 e. The Hall–Kier alpha value is -1.39. The summed E-state index contributed by atoms with van der Waals surface area (Å²) in [7, 11) is 0. The lowest BCUT2D eigenvalue weighted by Crippen LogP contribution is -2.35. The van der Waals surface area contributed by atoms with Crippen molar-refractivity contribution in [1.82, 2.24) is 10.2 Å². The van der Waals surface area contributed by atoms with Crippen molar-refractivity contribution in [2.24, 2.45) is 11.7 Å². The Morgan fingerprint density at radius 2 is 2.17 bits per heavy atom. The highest BCUT2D eigenvalue weighted by Gasteiger charge is 2.22. The maximum absolute atomic E-state index is 11.1. The van der Waals surface area contributed by atoms with Gasteiger partial charge in [0.2, 0.25) is 5.91 Å². The van der Waals surface area contributed by atoms with Crippen LogP contribution < -0.4 is 11.1 Å². The SMILES string of the molecule is NCC(=O)NCC1CCN(Cc2ccccc2)C1. The van der Waals surface area contributed by atoms with E-state index in [4.69, 9.17) is 5.73 Å². The molecule has 1 fully saturated rings. The van der Waals surface area contributed by atoms with Gasteiger partial charge in [-0.15, -0.1) is 0 Å². The first-order valence-corrected chi connectivity index (χ1v) is 6.51. The van der Waals surface area contributed by atoms with E-state index in [0.29, 0.717) is 5.92 Å². The molecule has 1 amide bonds. The van der Waals surface area contributed by atoms with Crippen LogP contribution >= 0.6 is 0 Å². The number of rotatable bonds is 5. The molecule has 18 heavy (non-hydrogen) atoms. The highest BCUT2D eigenvalue weighted by atomic mass is 16.1. The minimum absolute atomic E-state index is 0.0588. The van der Waals surface area contributed by atoms with Crippen LogP contribution in [-0.2, 0) is 11.3 Å². The highest BCUT2D eigenvalue weighted by molar-refractivity contribution is 5.77. The van der Waals surface area contributed by atoms with Crippen molar-refractivity contribution in [2.75, 3.05) is 26.2 Å². The quantitative estimate of drug-likeness (QED) is 0.800. The second-order valence-corrected chi connectivity index (χ2v) is 4.88. The zero-order valence-corrected chi connectivity index (χ0v) is 10.6. The van der Waals surface area contributed by atoms with Crippen LogP contribution in [0.1, 0.15) is 12.0 Å². The number of nitrogens with two attached hydrogens (primary N) is 1. The summed E-state index contributed by atoms with van der Waals surface area (Å²) in [6.07, 6.45) is 1.15. The molecular formula is C14H21N3O. The maximum Gasteiger partial charge on any atom is 0.233 e. The van der Waals surface area contributed by atoms with Gasteiger partial charge in [-0.2, -0.15) is 0 Å². The Kier molecular flexibility index (Phi) is 4.73. The third-order valence-electron chi connectivity index (χ3n) is 3.39. The lowest BCUT2D eigenvalue weighted by atomic mass is 10.1. The van der Waals surface area contributed by atoms with Crippen LogP contribution in [0.4, 0.5) is 0 Å². The number of carbonyl (C=O) groups excluding carboxylic acids is 1. The van der Waals surface area contributed by atoms with Gasteiger partial charge >= 0.3 is 0 Å². The van der Waals surface area contributed by atoms with E-state index in [1.165, 1.54) is 5.56 Å². The van der Waals surface area contributed by atoms with Gasteiger partial charge in [-0.1, -0.05) is 30.3 Å². The van der Waals surface area contributed by atoms with Crippen LogP contribution in [0.15, 0.2) is 30.3 Å². The molecule has 2 rings (SSSR count). The summed E-state index contributed by atoms with van der Waals surface area (Å²) in [4.78, 5) is 13.5. The predicted octanol–water partition coefficient (Wildman–Crippen LogP) is 0.583. The molecule has 0 radical (unpaired) electrons. The topological polar surface area (TPSA) is 58.4 Å². The van der Waals surface area contributed by atoms with Crippen LogP contribution in [0.25, 0.3) is 0 Å². The van der Waals surface area contributed by atoms with Crippen LogP contribution in [0, 0.1) is 5.92 Å². The number of hydrogen-bond donors (Lipinski definition) is 2. The van der Waals surface area contributed by atoms with Gasteiger partial charge in [-0.05, 0) is 24.4 Å². The molecule has 0 spiro atoms. The van der Waals surface area contributed by atoms with Crippen molar-refractivity contribution in [3.8, 4) is 0 Å². The van der Waals surface area contributed by atoms with Gasteiger partial charge in [0, 0.05) is 19.6 Å². The molecule has 4 nitrogen and oxygen atoms in total. The van der Waals surface area contributed by atoms with E-state index in [1.807, 2.05) is 6.07 Å². The molecule has 1 aliphatic heterocycles. The molecule has 4 heteroatoms. The van der Waals surface area contributed by atoms with Crippen molar-refractivity contribution in [1.29, 1.82) is 0 Å². The van der Waals surface area contributed by atoms with Gasteiger partial charge in [0.25, 0.3) is 0 Å². The van der Waals surface area contributed by atoms with E-state index in [1.54, 1.807) is 0 Å². The second kappa shape index (κ2) is 6.52. The lowest BCUT2D eigenvalue weighted by molar-refractivity contribution is -0.119. The fourth-order valence-electron chi connectivity index (χ4n) is 2.40. The molecule has 1 heterocycles. The number of benzene rings is 1. The Bertz CT molecular complexity index is 380. The molecule has 0 aliphatic carbocycles. The number of likely N-dealkylation sites (tertiary alicyclic amines) is 1. The standard InChI is InChI=1S/C14H21N3O/c15-8-14(18)16-9-13-6-7-17(11-13)10-12-4-2-1-3-5-12/h1-5,13H,6-11,15H2,(H,16,18). The maximum atomic E-state index is 11.1. The van der Waals surface area contributed by atoms with E-state index < -0.39 is 0 Å². The molecule has 1 atom stereocenters. The normalized spacial score (nSPS) is 19.9. The molecule has 1 unspecified atom stereocenters. The molecule has 1 saturated heterocycles. The van der Waals surface area contributed by atoms with Crippen molar-refractivity contribution >= 4 is 5.91 Å². The molecule has 98 valence electrons. The van der Waals surface area contributed by atoms with Crippen LogP contribution in [0.2, 0.25) is 0 Å². The zero-order chi connectivity index (χ0) is 12.8. The van der Waals surface area contributed by atoms with Crippen molar-refractivity contribution in [3.63, 3.8) is 0 Å². The van der Waals surface area contributed by atoms with Crippen molar-refractivity contribution in [3.05, 3.63) is 35.9 Å². The van der Waals surface area contributed by atoms with Crippen LogP contribution in [0.3, 0.4) is 0 Å². The van der Waals surface area contributed by atoms with Gasteiger partial charge in [0.1, 0.15) is 0 Å². The Morgan fingerprint density at radius 1 is 1.39 bits per heavy atom. The molecule has 3 N–H and O–H groups in total. The summed E-state index contributed by atoms with van der Waals surface area (Å²) < 4.78 is 0. The summed E-state index contributed by atoms with van der Waals surface area (Å²) in [6, 6.07) is 10.5. The van der Waals surface area contributed by atoms with Crippen LogP contribution in [-0.4, -0.2) is 37.0 Å². The van der Waals surface area contributed by atoms with Crippen molar-refractivity contribution < 1.29 is 4.79 Å². The average molecular weight is 247 g/mol. The monoisotopic (exact) mass is 247 g/mol.